The van der Waals surface area contributed by atoms with E-state index in [9.17, 15) is 13.6 Å². The molecule has 2 aromatic carbocycles. The molecule has 12 heteroatoms. The Hall–Kier alpha value is -4.27. The minimum atomic E-state index is -1.20. The SMILES string of the molecule is N#CCOc1ccc(-c2cnc3c(Nc4ccc(C(=O)N5CCC(CN)CC5)c(Cl)c4)nccn23)c(F)c1F. The van der Waals surface area contributed by atoms with Gasteiger partial charge in [0, 0.05) is 36.7 Å². The highest BCUT2D eigenvalue weighted by atomic mass is 35.5. The van der Waals surface area contributed by atoms with Crippen LogP contribution >= 0.6 is 11.6 Å². The minimum Gasteiger partial charge on any atom is -0.476 e. The van der Waals surface area contributed by atoms with E-state index in [2.05, 4.69) is 15.3 Å². The highest BCUT2D eigenvalue weighted by Gasteiger charge is 2.25. The third-order valence-corrected chi connectivity index (χ3v) is 7.05. The molecule has 200 valence electrons. The maximum Gasteiger partial charge on any atom is 0.255 e. The summed E-state index contributed by atoms with van der Waals surface area (Å²) in [5.74, 6) is -2.02. The van der Waals surface area contributed by atoms with Crippen LogP contribution in [0.4, 0.5) is 20.3 Å². The summed E-state index contributed by atoms with van der Waals surface area (Å²) in [5, 5.41) is 12.0. The zero-order chi connectivity index (χ0) is 27.5. The van der Waals surface area contributed by atoms with Crippen molar-refractivity contribution >= 4 is 34.7 Å². The zero-order valence-corrected chi connectivity index (χ0v) is 21.5. The van der Waals surface area contributed by atoms with E-state index in [1.807, 2.05) is 0 Å². The van der Waals surface area contributed by atoms with Gasteiger partial charge in [0.25, 0.3) is 5.91 Å². The van der Waals surface area contributed by atoms with Gasteiger partial charge in [0.05, 0.1) is 22.5 Å². The summed E-state index contributed by atoms with van der Waals surface area (Å²) in [4.78, 5) is 23.5. The van der Waals surface area contributed by atoms with Crippen molar-refractivity contribution in [1.29, 1.82) is 5.26 Å². The first-order chi connectivity index (χ1) is 18.9. The van der Waals surface area contributed by atoms with Gasteiger partial charge in [0.15, 0.2) is 29.6 Å². The van der Waals surface area contributed by atoms with E-state index in [-0.39, 0.29) is 27.9 Å². The van der Waals surface area contributed by atoms with E-state index < -0.39 is 18.2 Å². The number of nitrogens with one attached hydrogen (secondary N) is 1. The second-order valence-electron chi connectivity index (χ2n) is 9.09. The number of nitriles is 1. The number of ether oxygens (including phenoxy) is 1. The van der Waals surface area contributed by atoms with Gasteiger partial charge in [0.1, 0.15) is 6.07 Å². The number of imidazole rings is 1. The number of hydrogen-bond donors (Lipinski definition) is 2. The lowest BCUT2D eigenvalue weighted by atomic mass is 9.96. The van der Waals surface area contributed by atoms with Gasteiger partial charge in [-0.25, -0.2) is 14.4 Å². The number of carbonyl (C=O) groups is 1. The average molecular weight is 552 g/mol. The van der Waals surface area contributed by atoms with E-state index in [1.165, 1.54) is 24.5 Å². The van der Waals surface area contributed by atoms with Crippen LogP contribution < -0.4 is 15.8 Å². The van der Waals surface area contributed by atoms with Crippen LogP contribution in [0.1, 0.15) is 23.2 Å². The number of carbonyl (C=O) groups excluding carboxylic acids is 1. The number of nitrogens with zero attached hydrogens (tertiary/aromatic N) is 5. The van der Waals surface area contributed by atoms with Gasteiger partial charge in [-0.05, 0) is 55.6 Å². The molecule has 0 radical (unpaired) electrons. The van der Waals surface area contributed by atoms with E-state index in [1.54, 1.807) is 39.8 Å². The van der Waals surface area contributed by atoms with Crippen LogP contribution in [-0.2, 0) is 0 Å². The molecule has 4 aromatic rings. The monoisotopic (exact) mass is 551 g/mol. The normalized spacial score (nSPS) is 13.9. The number of piperidine rings is 1. The average Bonchev–Trinajstić information content (AvgIpc) is 3.38. The Morgan fingerprint density at radius 3 is 2.72 bits per heavy atom. The lowest BCUT2D eigenvalue weighted by molar-refractivity contribution is 0.0693. The van der Waals surface area contributed by atoms with Crippen molar-refractivity contribution in [2.75, 3.05) is 31.6 Å². The molecule has 5 rings (SSSR count). The Balaban J connectivity index is 1.38. The topological polar surface area (TPSA) is 122 Å². The number of rotatable bonds is 7. The van der Waals surface area contributed by atoms with Gasteiger partial charge >= 0.3 is 0 Å². The molecule has 0 aliphatic carbocycles. The molecule has 0 saturated carbocycles. The molecule has 0 atom stereocenters. The summed E-state index contributed by atoms with van der Waals surface area (Å²) in [7, 11) is 0. The van der Waals surface area contributed by atoms with Crippen LogP contribution in [0, 0.1) is 28.9 Å². The molecule has 0 unspecified atom stereocenters. The first-order valence-electron chi connectivity index (χ1n) is 12.3. The first kappa shape index (κ1) is 26.3. The quantitative estimate of drug-likeness (QED) is 0.339. The van der Waals surface area contributed by atoms with Gasteiger partial charge in [-0.1, -0.05) is 11.6 Å². The number of fused-ring (bicyclic) bond motifs is 1. The number of hydrogen-bond acceptors (Lipinski definition) is 7. The Bertz CT molecular complexity index is 1580. The summed E-state index contributed by atoms with van der Waals surface area (Å²) < 4.78 is 35.9. The van der Waals surface area contributed by atoms with E-state index in [0.717, 1.165) is 12.8 Å². The Labute approximate surface area is 227 Å². The summed E-state index contributed by atoms with van der Waals surface area (Å²) in [6, 6.07) is 9.34. The van der Waals surface area contributed by atoms with Gasteiger partial charge < -0.3 is 20.7 Å². The van der Waals surface area contributed by atoms with Crippen LogP contribution in [0.2, 0.25) is 5.02 Å². The smallest absolute Gasteiger partial charge is 0.255 e. The number of aromatic nitrogens is 3. The van der Waals surface area contributed by atoms with Gasteiger partial charge in [-0.3, -0.25) is 9.20 Å². The molecule has 9 nitrogen and oxygen atoms in total. The largest absolute Gasteiger partial charge is 0.476 e. The predicted molar refractivity (Wildman–Crippen MR) is 142 cm³/mol. The molecule has 3 N–H and O–H groups in total. The molecule has 1 aliphatic heterocycles. The maximum atomic E-state index is 14.9. The van der Waals surface area contributed by atoms with E-state index in [0.29, 0.717) is 48.3 Å². The molecular formula is C27H24ClF2N7O2. The Kier molecular flexibility index (Phi) is 7.58. The number of halogens is 3. The third kappa shape index (κ3) is 5.21. The molecular weight excluding hydrogens is 528 g/mol. The summed E-state index contributed by atoms with van der Waals surface area (Å²) >= 11 is 6.49. The first-order valence-corrected chi connectivity index (χ1v) is 12.6. The molecule has 1 fully saturated rings. The lowest BCUT2D eigenvalue weighted by Crippen LogP contribution is -2.40. The van der Waals surface area contributed by atoms with Crippen LogP contribution in [0.3, 0.4) is 0 Å². The van der Waals surface area contributed by atoms with Crippen LogP contribution in [-0.4, -0.2) is 51.4 Å². The molecule has 2 aromatic heterocycles. The molecule has 1 saturated heterocycles. The molecule has 1 aliphatic rings. The molecule has 1 amide bonds. The molecule has 0 bridgehead atoms. The van der Waals surface area contributed by atoms with Crippen molar-refractivity contribution in [2.24, 2.45) is 11.7 Å². The number of likely N-dealkylation sites (tertiary alicyclic amines) is 1. The summed E-state index contributed by atoms with van der Waals surface area (Å²) in [6.07, 6.45) is 6.21. The highest BCUT2D eigenvalue weighted by Crippen LogP contribution is 2.32. The highest BCUT2D eigenvalue weighted by molar-refractivity contribution is 6.34. The number of anilines is 2. The summed E-state index contributed by atoms with van der Waals surface area (Å²) in [6.45, 7) is 1.51. The fourth-order valence-corrected chi connectivity index (χ4v) is 4.86. The van der Waals surface area contributed by atoms with E-state index in [4.69, 9.17) is 27.3 Å². The zero-order valence-electron chi connectivity index (χ0n) is 20.7. The molecule has 39 heavy (non-hydrogen) atoms. The van der Waals surface area contributed by atoms with Gasteiger partial charge in [0.2, 0.25) is 5.82 Å². The number of benzene rings is 2. The Morgan fingerprint density at radius 2 is 2.00 bits per heavy atom. The number of amides is 1. The Morgan fingerprint density at radius 1 is 1.21 bits per heavy atom. The second kappa shape index (κ2) is 11.2. The van der Waals surface area contributed by atoms with Gasteiger partial charge in [-0.15, -0.1) is 0 Å². The summed E-state index contributed by atoms with van der Waals surface area (Å²) in [5.41, 5.74) is 7.33. The van der Waals surface area contributed by atoms with Crippen LogP contribution in [0.15, 0.2) is 48.9 Å². The predicted octanol–water partition coefficient (Wildman–Crippen LogP) is 4.78. The minimum absolute atomic E-state index is 0.0390. The van der Waals surface area contributed by atoms with Crippen molar-refractivity contribution in [3.63, 3.8) is 0 Å². The van der Waals surface area contributed by atoms with Crippen molar-refractivity contribution in [3.8, 4) is 23.1 Å². The fourth-order valence-electron chi connectivity index (χ4n) is 4.60. The van der Waals surface area contributed by atoms with E-state index >= 15 is 0 Å². The van der Waals surface area contributed by atoms with Crippen LogP contribution in [0.5, 0.6) is 5.75 Å². The van der Waals surface area contributed by atoms with Gasteiger partial charge in [-0.2, -0.15) is 9.65 Å². The van der Waals surface area contributed by atoms with Crippen molar-refractivity contribution in [3.05, 3.63) is 71.1 Å². The fraction of sp³-hybridized carbons (Fsp3) is 0.259. The van der Waals surface area contributed by atoms with Crippen molar-refractivity contribution in [2.45, 2.75) is 12.8 Å². The molecule has 0 spiro atoms. The number of nitrogens with two attached hydrogens (primary N) is 1. The van der Waals surface area contributed by atoms with Crippen molar-refractivity contribution < 1.29 is 18.3 Å². The molecule has 3 heterocycles. The lowest BCUT2D eigenvalue weighted by Gasteiger charge is -2.31. The maximum absolute atomic E-state index is 14.9. The second-order valence-corrected chi connectivity index (χ2v) is 9.50. The third-order valence-electron chi connectivity index (χ3n) is 6.74. The van der Waals surface area contributed by atoms with Crippen molar-refractivity contribution in [1.82, 2.24) is 19.3 Å². The standard InChI is InChI=1S/C27H24ClF2N7O2/c28-20-13-17(1-2-18(20)27(38)36-9-5-16(14-32)6-10-36)35-25-26-34-15-21(37(26)11-8-33-25)19-3-4-22(39-12-7-31)24(30)23(19)29/h1-4,8,11,13,15-16H,5-6,9-10,12,14,32H2,(H,33,35). The van der Waals surface area contributed by atoms with Crippen LogP contribution in [0.25, 0.3) is 16.9 Å².